The van der Waals surface area contributed by atoms with Crippen molar-refractivity contribution in [1.29, 1.82) is 0 Å². The standard InChI is InChI=1S/C13H10BrCl2NO/c1-7-2-3-12(9(14)4-7)18-13-10(15)5-8(17)6-11(13)16/h2-6H,17H2,1H3. The lowest BCUT2D eigenvalue weighted by atomic mass is 10.2. The Balaban J connectivity index is 2.40. The van der Waals surface area contributed by atoms with Crippen LogP contribution in [0.5, 0.6) is 11.5 Å². The second-order valence-corrected chi connectivity index (χ2v) is 5.52. The zero-order valence-electron chi connectivity index (χ0n) is 9.51. The van der Waals surface area contributed by atoms with Gasteiger partial charge in [0.1, 0.15) is 5.75 Å². The van der Waals surface area contributed by atoms with Crippen molar-refractivity contribution < 1.29 is 4.74 Å². The van der Waals surface area contributed by atoms with Crippen molar-refractivity contribution in [1.82, 2.24) is 0 Å². The maximum atomic E-state index is 6.06. The molecule has 0 bridgehead atoms. The number of rotatable bonds is 2. The number of halogens is 3. The highest BCUT2D eigenvalue weighted by Crippen LogP contribution is 2.40. The van der Waals surface area contributed by atoms with Gasteiger partial charge in [-0.05, 0) is 52.7 Å². The largest absolute Gasteiger partial charge is 0.453 e. The summed E-state index contributed by atoms with van der Waals surface area (Å²) in [5.74, 6) is 1.05. The first-order chi connectivity index (χ1) is 8.47. The molecular weight excluding hydrogens is 337 g/mol. The van der Waals surface area contributed by atoms with Crippen LogP contribution in [-0.4, -0.2) is 0 Å². The summed E-state index contributed by atoms with van der Waals surface area (Å²) in [6.07, 6.45) is 0. The van der Waals surface area contributed by atoms with E-state index < -0.39 is 0 Å². The molecule has 0 aliphatic rings. The fraction of sp³-hybridized carbons (Fsp3) is 0.0769. The van der Waals surface area contributed by atoms with Crippen LogP contribution >= 0.6 is 39.1 Å². The molecule has 0 saturated carbocycles. The lowest BCUT2D eigenvalue weighted by Gasteiger charge is -2.12. The second-order valence-electron chi connectivity index (χ2n) is 3.85. The summed E-state index contributed by atoms with van der Waals surface area (Å²) in [6.45, 7) is 2.00. The Hall–Kier alpha value is -0.900. The molecule has 0 fully saturated rings. The topological polar surface area (TPSA) is 35.2 Å². The van der Waals surface area contributed by atoms with Crippen LogP contribution in [0.2, 0.25) is 10.0 Å². The Bertz CT molecular complexity index is 579. The molecule has 0 aliphatic carbocycles. The maximum absolute atomic E-state index is 6.06. The van der Waals surface area contributed by atoms with Crippen LogP contribution in [-0.2, 0) is 0 Å². The number of hydrogen-bond acceptors (Lipinski definition) is 2. The van der Waals surface area contributed by atoms with Gasteiger partial charge in [0.2, 0.25) is 0 Å². The molecule has 0 saturated heterocycles. The third kappa shape index (κ3) is 2.91. The van der Waals surface area contributed by atoms with Crippen molar-refractivity contribution in [2.45, 2.75) is 6.92 Å². The third-order valence-corrected chi connectivity index (χ3v) is 3.50. The summed E-state index contributed by atoms with van der Waals surface area (Å²) < 4.78 is 6.55. The minimum Gasteiger partial charge on any atom is -0.453 e. The van der Waals surface area contributed by atoms with Gasteiger partial charge in [0.05, 0.1) is 14.5 Å². The molecule has 0 spiro atoms. The van der Waals surface area contributed by atoms with Gasteiger partial charge in [0.25, 0.3) is 0 Å². The molecule has 0 atom stereocenters. The van der Waals surface area contributed by atoms with Crippen LogP contribution in [0.4, 0.5) is 5.69 Å². The summed E-state index contributed by atoms with van der Waals surface area (Å²) >= 11 is 15.6. The fourth-order valence-corrected chi connectivity index (χ4v) is 2.63. The number of aryl methyl sites for hydroxylation is 1. The van der Waals surface area contributed by atoms with Crippen molar-refractivity contribution in [2.24, 2.45) is 0 Å². The van der Waals surface area contributed by atoms with Gasteiger partial charge in [-0.15, -0.1) is 0 Å². The Labute approximate surface area is 124 Å². The van der Waals surface area contributed by atoms with E-state index in [9.17, 15) is 0 Å². The molecule has 0 aliphatic heterocycles. The summed E-state index contributed by atoms with van der Waals surface area (Å²) in [4.78, 5) is 0. The predicted molar refractivity (Wildman–Crippen MR) is 79.8 cm³/mol. The average Bonchev–Trinajstić information content (AvgIpc) is 2.25. The Morgan fingerprint density at radius 2 is 1.72 bits per heavy atom. The maximum Gasteiger partial charge on any atom is 0.164 e. The quantitative estimate of drug-likeness (QED) is 0.735. The molecule has 2 rings (SSSR count). The van der Waals surface area contributed by atoms with Crippen molar-refractivity contribution in [3.8, 4) is 11.5 Å². The molecular formula is C13H10BrCl2NO. The molecule has 0 amide bonds. The van der Waals surface area contributed by atoms with E-state index in [4.69, 9.17) is 33.7 Å². The Morgan fingerprint density at radius 1 is 1.11 bits per heavy atom. The molecule has 0 aromatic heterocycles. The summed E-state index contributed by atoms with van der Waals surface area (Å²) in [5, 5.41) is 0.764. The molecule has 2 N–H and O–H groups in total. The van der Waals surface area contributed by atoms with E-state index in [1.807, 2.05) is 25.1 Å². The number of hydrogen-bond donors (Lipinski definition) is 1. The first-order valence-corrected chi connectivity index (χ1v) is 6.71. The number of anilines is 1. The van der Waals surface area contributed by atoms with Crippen molar-refractivity contribution in [3.05, 3.63) is 50.4 Å². The molecule has 0 unspecified atom stereocenters. The molecule has 18 heavy (non-hydrogen) atoms. The van der Waals surface area contributed by atoms with Crippen LogP contribution in [0, 0.1) is 6.92 Å². The van der Waals surface area contributed by atoms with E-state index >= 15 is 0 Å². The third-order valence-electron chi connectivity index (χ3n) is 2.32. The lowest BCUT2D eigenvalue weighted by Crippen LogP contribution is -1.91. The Morgan fingerprint density at radius 3 is 2.28 bits per heavy atom. The van der Waals surface area contributed by atoms with E-state index in [1.54, 1.807) is 12.1 Å². The van der Waals surface area contributed by atoms with E-state index in [1.165, 1.54) is 0 Å². The van der Waals surface area contributed by atoms with Crippen LogP contribution < -0.4 is 10.5 Å². The summed E-state index contributed by atoms with van der Waals surface area (Å²) in [6, 6.07) is 8.95. The van der Waals surface area contributed by atoms with Crippen molar-refractivity contribution in [2.75, 3.05) is 5.73 Å². The molecule has 5 heteroatoms. The molecule has 2 aromatic carbocycles. The van der Waals surface area contributed by atoms with Crippen molar-refractivity contribution >= 4 is 44.8 Å². The van der Waals surface area contributed by atoms with Gasteiger partial charge in [0, 0.05) is 5.69 Å². The first-order valence-electron chi connectivity index (χ1n) is 5.16. The van der Waals surface area contributed by atoms with Gasteiger partial charge in [-0.25, -0.2) is 0 Å². The van der Waals surface area contributed by atoms with E-state index in [0.29, 0.717) is 27.2 Å². The molecule has 94 valence electrons. The molecule has 0 radical (unpaired) electrons. The van der Waals surface area contributed by atoms with Crippen LogP contribution in [0.25, 0.3) is 0 Å². The van der Waals surface area contributed by atoms with Crippen molar-refractivity contribution in [3.63, 3.8) is 0 Å². The van der Waals surface area contributed by atoms with Gasteiger partial charge in [-0.3, -0.25) is 0 Å². The average molecular weight is 347 g/mol. The zero-order valence-corrected chi connectivity index (χ0v) is 12.6. The van der Waals surface area contributed by atoms with E-state index in [0.717, 1.165) is 10.0 Å². The summed E-state index contributed by atoms with van der Waals surface area (Å²) in [7, 11) is 0. The monoisotopic (exact) mass is 345 g/mol. The first kappa shape index (κ1) is 13.5. The lowest BCUT2D eigenvalue weighted by molar-refractivity contribution is 0.480. The smallest absolute Gasteiger partial charge is 0.164 e. The number of nitrogen functional groups attached to an aromatic ring is 1. The second kappa shape index (κ2) is 5.39. The minimum absolute atomic E-state index is 0.382. The van der Waals surface area contributed by atoms with Gasteiger partial charge in [-0.2, -0.15) is 0 Å². The fourth-order valence-electron chi connectivity index (χ4n) is 1.48. The van der Waals surface area contributed by atoms with Gasteiger partial charge >= 0.3 is 0 Å². The van der Waals surface area contributed by atoms with E-state index in [2.05, 4.69) is 15.9 Å². The Kier molecular flexibility index (Phi) is 4.05. The van der Waals surface area contributed by atoms with Gasteiger partial charge < -0.3 is 10.5 Å². The number of nitrogens with two attached hydrogens (primary N) is 1. The van der Waals surface area contributed by atoms with Crippen LogP contribution in [0.1, 0.15) is 5.56 Å². The highest BCUT2D eigenvalue weighted by Gasteiger charge is 2.11. The number of ether oxygens (including phenoxy) is 1. The molecule has 2 nitrogen and oxygen atoms in total. The number of benzene rings is 2. The van der Waals surface area contributed by atoms with Crippen LogP contribution in [0.15, 0.2) is 34.8 Å². The summed E-state index contributed by atoms with van der Waals surface area (Å²) in [5.41, 5.74) is 7.27. The minimum atomic E-state index is 0.382. The van der Waals surface area contributed by atoms with Crippen LogP contribution in [0.3, 0.4) is 0 Å². The van der Waals surface area contributed by atoms with E-state index in [-0.39, 0.29) is 0 Å². The van der Waals surface area contributed by atoms with Gasteiger partial charge in [0.15, 0.2) is 5.75 Å². The normalized spacial score (nSPS) is 10.4. The highest BCUT2D eigenvalue weighted by atomic mass is 79.9. The molecule has 0 heterocycles. The zero-order chi connectivity index (χ0) is 13.3. The van der Waals surface area contributed by atoms with Gasteiger partial charge in [-0.1, -0.05) is 29.3 Å². The highest BCUT2D eigenvalue weighted by molar-refractivity contribution is 9.10. The molecule has 2 aromatic rings. The predicted octanol–water partition coefficient (Wildman–Crippen LogP) is 5.44. The SMILES string of the molecule is Cc1ccc(Oc2c(Cl)cc(N)cc2Cl)c(Br)c1.